The van der Waals surface area contributed by atoms with Crippen LogP contribution in [-0.2, 0) is 22.4 Å². The highest BCUT2D eigenvalue weighted by Crippen LogP contribution is 2.50. The van der Waals surface area contributed by atoms with Crippen molar-refractivity contribution in [2.24, 2.45) is 11.1 Å². The van der Waals surface area contributed by atoms with Gasteiger partial charge in [-0.3, -0.25) is 9.59 Å². The van der Waals surface area contributed by atoms with E-state index in [0.717, 1.165) is 54.9 Å². The molecule has 1 fully saturated rings. The van der Waals surface area contributed by atoms with E-state index >= 15 is 4.79 Å². The van der Waals surface area contributed by atoms with E-state index in [2.05, 4.69) is 0 Å². The van der Waals surface area contributed by atoms with Crippen LogP contribution in [0.2, 0.25) is 0 Å². The van der Waals surface area contributed by atoms with Crippen molar-refractivity contribution in [3.8, 4) is 23.0 Å². The lowest BCUT2D eigenvalue weighted by Crippen LogP contribution is -2.59. The Kier molecular flexibility index (Phi) is 13.9. The lowest BCUT2D eigenvalue weighted by Gasteiger charge is -2.46. The average Bonchev–Trinajstić information content (AvgIpc) is 4.21. The first-order chi connectivity index (χ1) is 34.4. The van der Waals surface area contributed by atoms with Crippen molar-refractivity contribution in [3.05, 3.63) is 215 Å². The standard InChI is InChI=1S/C61H60N2O8/c1-68-47-23-9-15-41(33-47)37-60(66,55(45-21-11-25-49(35-45)70-3)53-29-13-19-43-17-5-7-27-51(43)53)39-63(58(65)59(31-32-59)57(62)64)40-61(67,38-42-16-10-24-48(34-42)69-2)56(46-22-12-26-50(36-46)71-4)54-30-14-20-44-18-6-8-28-52(44)54/h5-30,33-36,55-56,66-67H,31-32,37-40H2,1-4H3,(H2,62,64). The highest BCUT2D eigenvalue weighted by Gasteiger charge is 2.59. The number of rotatable bonds is 20. The number of fused-ring (bicyclic) bond motifs is 2. The normalized spacial score (nSPS) is 15.4. The molecule has 0 aromatic heterocycles. The maximum atomic E-state index is 15.9. The van der Waals surface area contributed by atoms with Gasteiger partial charge in [0, 0.05) is 24.7 Å². The Bertz CT molecular complexity index is 3000. The summed E-state index contributed by atoms with van der Waals surface area (Å²) in [5, 5.41) is 32.5. The summed E-state index contributed by atoms with van der Waals surface area (Å²) in [7, 11) is 6.40. The minimum atomic E-state index is -1.87. The number of aliphatic hydroxyl groups is 2. The lowest BCUT2D eigenvalue weighted by atomic mass is 9.71. The summed E-state index contributed by atoms with van der Waals surface area (Å²) in [5.74, 6) is -0.622. The number of methoxy groups -OCH3 is 4. The van der Waals surface area contributed by atoms with Crippen molar-refractivity contribution >= 4 is 33.4 Å². The van der Waals surface area contributed by atoms with Crippen molar-refractivity contribution < 1.29 is 38.7 Å². The molecule has 9 rings (SSSR count). The first-order valence-corrected chi connectivity index (χ1v) is 23.9. The number of benzene rings is 8. The van der Waals surface area contributed by atoms with Gasteiger partial charge in [0.2, 0.25) is 11.8 Å². The number of hydrogen-bond acceptors (Lipinski definition) is 8. The van der Waals surface area contributed by atoms with Crippen LogP contribution in [0.5, 0.6) is 23.0 Å². The minimum Gasteiger partial charge on any atom is -0.497 e. The van der Waals surface area contributed by atoms with E-state index in [0.29, 0.717) is 23.0 Å². The van der Waals surface area contributed by atoms with Gasteiger partial charge < -0.3 is 39.8 Å². The Hall–Kier alpha value is -7.66. The zero-order valence-electron chi connectivity index (χ0n) is 40.6. The van der Waals surface area contributed by atoms with Gasteiger partial charge in [-0.2, -0.15) is 0 Å². The van der Waals surface area contributed by atoms with Gasteiger partial charge >= 0.3 is 0 Å². The van der Waals surface area contributed by atoms with E-state index in [1.54, 1.807) is 28.4 Å². The molecule has 10 heteroatoms. The molecular formula is C61H60N2O8. The lowest BCUT2D eigenvalue weighted by molar-refractivity contribution is -0.150. The molecule has 0 saturated heterocycles. The molecule has 4 atom stereocenters. The molecule has 0 spiro atoms. The summed E-state index contributed by atoms with van der Waals surface area (Å²) < 4.78 is 23.1. The molecule has 1 aliphatic carbocycles. The van der Waals surface area contributed by atoms with Crippen molar-refractivity contribution in [1.29, 1.82) is 0 Å². The van der Waals surface area contributed by atoms with E-state index in [9.17, 15) is 15.0 Å². The molecule has 1 saturated carbocycles. The van der Waals surface area contributed by atoms with Crippen LogP contribution in [0.1, 0.15) is 58.1 Å². The largest absolute Gasteiger partial charge is 0.497 e. The van der Waals surface area contributed by atoms with E-state index < -0.39 is 40.3 Å². The topological polar surface area (TPSA) is 141 Å². The minimum absolute atomic E-state index is 0.0135. The van der Waals surface area contributed by atoms with Crippen molar-refractivity contribution in [2.45, 2.75) is 48.7 Å². The van der Waals surface area contributed by atoms with Gasteiger partial charge in [0.25, 0.3) is 0 Å². The second-order valence-corrected chi connectivity index (χ2v) is 18.9. The van der Waals surface area contributed by atoms with Gasteiger partial charge in [-0.1, -0.05) is 133 Å². The van der Waals surface area contributed by atoms with Crippen LogP contribution < -0.4 is 24.7 Å². The van der Waals surface area contributed by atoms with Gasteiger partial charge in [-0.05, 0) is 116 Å². The van der Waals surface area contributed by atoms with Crippen molar-refractivity contribution in [3.63, 3.8) is 0 Å². The summed E-state index contributed by atoms with van der Waals surface area (Å²) >= 11 is 0. The van der Waals surface area contributed by atoms with Crippen LogP contribution in [0.3, 0.4) is 0 Å². The van der Waals surface area contributed by atoms with Crippen LogP contribution in [0, 0.1) is 5.41 Å². The number of carbonyl (C=O) groups excluding carboxylic acids is 2. The number of primary amides is 1. The molecule has 8 aromatic rings. The van der Waals surface area contributed by atoms with E-state index in [-0.39, 0.29) is 38.8 Å². The number of ether oxygens (including phenoxy) is 4. The van der Waals surface area contributed by atoms with Crippen molar-refractivity contribution in [2.75, 3.05) is 41.5 Å². The zero-order chi connectivity index (χ0) is 49.8. The third-order valence-electron chi connectivity index (χ3n) is 14.3. The summed E-state index contributed by atoms with van der Waals surface area (Å²) in [6.07, 6.45) is 0.482. The van der Waals surface area contributed by atoms with E-state index in [1.807, 2.05) is 182 Å². The SMILES string of the molecule is COc1cccc(CC(O)(CN(CC(O)(Cc2cccc(OC)c2)C(c2cccc(OC)c2)c2cccc3ccccc23)C(=O)C2(C(N)=O)CC2)C(c2cccc(OC)c2)c2cccc3ccccc23)c1. The number of nitrogens with zero attached hydrogens (tertiary/aromatic N) is 1. The predicted octanol–water partition coefficient (Wildman–Crippen LogP) is 10.0. The molecule has 10 nitrogen and oxygen atoms in total. The molecule has 0 heterocycles. The molecule has 8 aromatic carbocycles. The molecule has 71 heavy (non-hydrogen) atoms. The van der Waals surface area contributed by atoms with E-state index in [4.69, 9.17) is 24.7 Å². The second-order valence-electron chi connectivity index (χ2n) is 18.9. The molecule has 362 valence electrons. The number of carbonyl (C=O) groups is 2. The molecule has 0 radical (unpaired) electrons. The summed E-state index contributed by atoms with van der Waals surface area (Å²) in [6, 6.07) is 58.4. The fourth-order valence-electron chi connectivity index (χ4n) is 10.8. The highest BCUT2D eigenvalue weighted by atomic mass is 16.5. The maximum absolute atomic E-state index is 15.9. The molecule has 4 unspecified atom stereocenters. The fraction of sp³-hybridized carbons (Fsp3) is 0.246. The summed E-state index contributed by atoms with van der Waals surface area (Å²) in [4.78, 5) is 31.1. The van der Waals surface area contributed by atoms with Gasteiger partial charge in [0.05, 0.1) is 52.7 Å². The zero-order valence-corrected chi connectivity index (χ0v) is 40.6. The quantitative estimate of drug-likeness (QED) is 0.0642. The third kappa shape index (κ3) is 9.91. The Labute approximate surface area is 415 Å². The average molecular weight is 949 g/mol. The molecule has 0 bridgehead atoms. The second kappa shape index (κ2) is 20.4. The van der Waals surface area contributed by atoms with Crippen LogP contribution >= 0.6 is 0 Å². The first kappa shape index (κ1) is 48.4. The number of hydrogen-bond donors (Lipinski definition) is 3. The Balaban J connectivity index is 1.31. The predicted molar refractivity (Wildman–Crippen MR) is 278 cm³/mol. The smallest absolute Gasteiger partial charge is 0.238 e. The monoisotopic (exact) mass is 948 g/mol. The Morgan fingerprint density at radius 1 is 0.521 bits per heavy atom. The highest BCUT2D eigenvalue weighted by molar-refractivity contribution is 6.07. The van der Waals surface area contributed by atoms with Crippen LogP contribution in [0.25, 0.3) is 21.5 Å². The Morgan fingerprint density at radius 3 is 1.28 bits per heavy atom. The van der Waals surface area contributed by atoms with Crippen LogP contribution in [-0.4, -0.2) is 79.7 Å². The van der Waals surface area contributed by atoms with Crippen LogP contribution in [0.15, 0.2) is 182 Å². The van der Waals surface area contributed by atoms with Gasteiger partial charge in [-0.15, -0.1) is 0 Å². The molecule has 1 aliphatic rings. The number of amides is 2. The Morgan fingerprint density at radius 2 is 0.887 bits per heavy atom. The first-order valence-electron chi connectivity index (χ1n) is 23.9. The number of nitrogens with two attached hydrogens (primary N) is 1. The van der Waals surface area contributed by atoms with Crippen molar-refractivity contribution in [1.82, 2.24) is 4.90 Å². The molecule has 0 aliphatic heterocycles. The summed E-state index contributed by atoms with van der Waals surface area (Å²) in [5.41, 5.74) is 5.47. The van der Waals surface area contributed by atoms with Gasteiger partial charge in [0.15, 0.2) is 0 Å². The summed E-state index contributed by atoms with van der Waals surface area (Å²) in [6.45, 7) is -0.687. The molecule has 4 N–H and O–H groups in total. The maximum Gasteiger partial charge on any atom is 0.238 e. The van der Waals surface area contributed by atoms with Gasteiger partial charge in [-0.25, -0.2) is 0 Å². The fourth-order valence-corrected chi connectivity index (χ4v) is 10.8. The molecular weight excluding hydrogens is 889 g/mol. The molecule has 2 amide bonds. The van der Waals surface area contributed by atoms with E-state index in [1.165, 1.54) is 4.90 Å². The third-order valence-corrected chi connectivity index (χ3v) is 14.3. The van der Waals surface area contributed by atoms with Crippen LogP contribution in [0.4, 0.5) is 0 Å². The van der Waals surface area contributed by atoms with Gasteiger partial charge in [0.1, 0.15) is 28.4 Å².